The van der Waals surface area contributed by atoms with Gasteiger partial charge in [-0.05, 0) is 35.7 Å². The molecule has 4 rings (SSSR count). The molecule has 2 aliphatic rings. The van der Waals surface area contributed by atoms with E-state index in [2.05, 4.69) is 4.90 Å². The predicted molar refractivity (Wildman–Crippen MR) is 124 cm³/mol. The first-order valence-electron chi connectivity index (χ1n) is 10.5. The third kappa shape index (κ3) is 5.59. The summed E-state index contributed by atoms with van der Waals surface area (Å²) in [7, 11) is 0. The van der Waals surface area contributed by atoms with Gasteiger partial charge in [0.2, 0.25) is 0 Å². The molecule has 2 aliphatic heterocycles. The second kappa shape index (κ2) is 11.1. The summed E-state index contributed by atoms with van der Waals surface area (Å²) in [6.07, 6.45) is 0.795. The van der Waals surface area contributed by atoms with Crippen molar-refractivity contribution in [2.75, 3.05) is 50.8 Å². The summed E-state index contributed by atoms with van der Waals surface area (Å²) < 4.78 is 18.7. The van der Waals surface area contributed by atoms with Crippen LogP contribution in [0.3, 0.4) is 0 Å². The van der Waals surface area contributed by atoms with Crippen molar-refractivity contribution >= 4 is 41.5 Å². The lowest BCUT2D eigenvalue weighted by molar-refractivity contribution is -0.146. The topological polar surface area (TPSA) is 53.1 Å². The summed E-state index contributed by atoms with van der Waals surface area (Å²) in [5.74, 6) is -1.56. The lowest BCUT2D eigenvalue weighted by Crippen LogP contribution is -2.54. The highest BCUT2D eigenvalue weighted by Gasteiger charge is 2.34. The number of anilines is 1. The number of nitrogens with zero attached hydrogens (tertiary/aromatic N) is 3. The lowest BCUT2D eigenvalue weighted by atomic mass is 10.1. The van der Waals surface area contributed by atoms with Gasteiger partial charge in [0.1, 0.15) is 5.82 Å². The van der Waals surface area contributed by atoms with Crippen molar-refractivity contribution in [3.8, 4) is 0 Å². The summed E-state index contributed by atoms with van der Waals surface area (Å²) in [6, 6.07) is 11.8. The van der Waals surface area contributed by atoms with Gasteiger partial charge >= 0.3 is 11.8 Å². The Hall–Kier alpha value is -2.19. The molecule has 2 heterocycles. The Morgan fingerprint density at radius 2 is 1.69 bits per heavy atom. The van der Waals surface area contributed by atoms with E-state index in [0.29, 0.717) is 18.7 Å². The minimum atomic E-state index is -0.574. The first-order chi connectivity index (χ1) is 15.0. The monoisotopic (exact) mass is 481 g/mol. The summed E-state index contributed by atoms with van der Waals surface area (Å²) in [6.45, 7) is 5.15. The van der Waals surface area contributed by atoms with Gasteiger partial charge in [-0.3, -0.25) is 14.5 Å². The fourth-order valence-corrected chi connectivity index (χ4v) is 4.23. The minimum Gasteiger partial charge on any atom is -0.379 e. The first-order valence-corrected chi connectivity index (χ1v) is 10.8. The number of halogens is 3. The Bertz CT molecular complexity index is 969. The van der Waals surface area contributed by atoms with Crippen LogP contribution >= 0.6 is 24.0 Å². The van der Waals surface area contributed by atoms with Gasteiger partial charge in [-0.1, -0.05) is 35.9 Å². The molecular weight excluding hydrogens is 456 g/mol. The highest BCUT2D eigenvalue weighted by atomic mass is 35.5. The number of carbonyl (C=O) groups is 2. The van der Waals surface area contributed by atoms with Crippen LogP contribution in [0.2, 0.25) is 5.02 Å². The molecule has 0 atom stereocenters. The average Bonchev–Trinajstić information content (AvgIpc) is 2.78. The Labute approximate surface area is 198 Å². The molecule has 2 fully saturated rings. The first kappa shape index (κ1) is 24.5. The molecule has 0 N–H and O–H groups in total. The van der Waals surface area contributed by atoms with E-state index in [0.717, 1.165) is 50.5 Å². The van der Waals surface area contributed by atoms with Crippen LogP contribution in [0.5, 0.6) is 0 Å². The zero-order valence-electron chi connectivity index (χ0n) is 17.6. The van der Waals surface area contributed by atoms with Crippen molar-refractivity contribution in [3.05, 3.63) is 64.4 Å². The van der Waals surface area contributed by atoms with Crippen LogP contribution in [-0.4, -0.2) is 67.6 Å². The largest absolute Gasteiger partial charge is 0.379 e. The quantitative estimate of drug-likeness (QED) is 0.594. The van der Waals surface area contributed by atoms with E-state index in [9.17, 15) is 14.0 Å². The van der Waals surface area contributed by atoms with Gasteiger partial charge in [-0.15, -0.1) is 12.4 Å². The molecule has 0 spiro atoms. The van der Waals surface area contributed by atoms with Gasteiger partial charge in [0.15, 0.2) is 0 Å². The summed E-state index contributed by atoms with van der Waals surface area (Å²) in [5.41, 5.74) is 2.45. The number of hydrogen-bond acceptors (Lipinski definition) is 4. The number of carbonyl (C=O) groups excluding carboxylic acids is 2. The maximum atomic E-state index is 13.3. The molecule has 0 saturated carbocycles. The fourth-order valence-electron chi connectivity index (χ4n) is 4.00. The van der Waals surface area contributed by atoms with Crippen LogP contribution in [0.15, 0.2) is 42.5 Å². The zero-order valence-corrected chi connectivity index (χ0v) is 19.2. The van der Waals surface area contributed by atoms with Crippen molar-refractivity contribution < 1.29 is 18.7 Å². The standard InChI is InChI=1S/C23H25ClFN3O3.ClH/c24-20-15-19(25)6-5-18(20)16-27-9-10-28(23(30)22(27)29)21-4-2-1-3-17(21)7-8-26-11-13-31-14-12-26;/h1-6,15H,7-14,16H2;1H. The van der Waals surface area contributed by atoms with Gasteiger partial charge in [0, 0.05) is 50.0 Å². The molecule has 0 aromatic heterocycles. The number of amides is 2. The Balaban J connectivity index is 0.00000289. The zero-order chi connectivity index (χ0) is 21.8. The SMILES string of the molecule is Cl.O=C1C(=O)N(c2ccccc2CCN2CCOCC2)CCN1Cc1ccc(F)cc1Cl. The third-order valence-electron chi connectivity index (χ3n) is 5.77. The van der Waals surface area contributed by atoms with Crippen LogP contribution in [0.25, 0.3) is 0 Å². The van der Waals surface area contributed by atoms with E-state index in [1.54, 1.807) is 11.0 Å². The van der Waals surface area contributed by atoms with Gasteiger partial charge in [-0.25, -0.2) is 4.39 Å². The molecule has 0 aliphatic carbocycles. The van der Waals surface area contributed by atoms with E-state index in [1.807, 2.05) is 24.3 Å². The molecule has 2 amide bonds. The molecule has 172 valence electrons. The van der Waals surface area contributed by atoms with E-state index in [4.69, 9.17) is 16.3 Å². The van der Waals surface area contributed by atoms with Crippen molar-refractivity contribution in [2.45, 2.75) is 13.0 Å². The predicted octanol–water partition coefficient (Wildman–Crippen LogP) is 3.15. The van der Waals surface area contributed by atoms with Crippen LogP contribution in [0.4, 0.5) is 10.1 Å². The van der Waals surface area contributed by atoms with Crippen molar-refractivity contribution in [1.82, 2.24) is 9.80 Å². The van der Waals surface area contributed by atoms with Crippen molar-refractivity contribution in [3.63, 3.8) is 0 Å². The van der Waals surface area contributed by atoms with Crippen molar-refractivity contribution in [1.29, 1.82) is 0 Å². The molecule has 2 aromatic rings. The normalized spacial score (nSPS) is 17.4. The number of rotatable bonds is 6. The molecule has 6 nitrogen and oxygen atoms in total. The number of benzene rings is 2. The number of ether oxygens (including phenoxy) is 1. The van der Waals surface area contributed by atoms with E-state index in [1.165, 1.54) is 17.0 Å². The minimum absolute atomic E-state index is 0. The number of hydrogen-bond donors (Lipinski definition) is 0. The summed E-state index contributed by atoms with van der Waals surface area (Å²) in [5, 5.41) is 0.246. The molecule has 0 radical (unpaired) electrons. The molecule has 0 unspecified atom stereocenters. The maximum Gasteiger partial charge on any atom is 0.316 e. The summed E-state index contributed by atoms with van der Waals surface area (Å²) >= 11 is 6.09. The average molecular weight is 482 g/mol. The molecule has 32 heavy (non-hydrogen) atoms. The number of morpholine rings is 1. The Morgan fingerprint density at radius 1 is 0.938 bits per heavy atom. The smallest absolute Gasteiger partial charge is 0.316 e. The highest BCUT2D eigenvalue weighted by Crippen LogP contribution is 2.25. The van der Waals surface area contributed by atoms with Crippen LogP contribution in [0.1, 0.15) is 11.1 Å². The Kier molecular flexibility index (Phi) is 8.48. The molecule has 9 heteroatoms. The second-order valence-corrected chi connectivity index (χ2v) is 8.16. The summed E-state index contributed by atoms with van der Waals surface area (Å²) in [4.78, 5) is 31.1. The highest BCUT2D eigenvalue weighted by molar-refractivity contribution is 6.41. The van der Waals surface area contributed by atoms with Crippen LogP contribution in [0, 0.1) is 5.82 Å². The maximum absolute atomic E-state index is 13.3. The van der Waals surface area contributed by atoms with Gasteiger partial charge in [0.25, 0.3) is 0 Å². The third-order valence-corrected chi connectivity index (χ3v) is 6.12. The fraction of sp³-hybridized carbons (Fsp3) is 0.391. The van der Waals surface area contributed by atoms with Gasteiger partial charge in [-0.2, -0.15) is 0 Å². The lowest BCUT2D eigenvalue weighted by Gasteiger charge is -2.35. The van der Waals surface area contributed by atoms with E-state index < -0.39 is 17.6 Å². The van der Waals surface area contributed by atoms with Crippen LogP contribution in [-0.2, 0) is 27.3 Å². The number of piperazine rings is 1. The van der Waals surface area contributed by atoms with Gasteiger partial charge in [0.05, 0.1) is 13.2 Å². The van der Waals surface area contributed by atoms with Crippen LogP contribution < -0.4 is 4.90 Å². The Morgan fingerprint density at radius 3 is 2.44 bits per heavy atom. The molecule has 0 bridgehead atoms. The molecular formula is C23H26Cl2FN3O3. The molecule has 2 saturated heterocycles. The number of para-hydroxylation sites is 1. The van der Waals surface area contributed by atoms with E-state index in [-0.39, 0.29) is 24.0 Å². The van der Waals surface area contributed by atoms with Gasteiger partial charge < -0.3 is 14.5 Å². The van der Waals surface area contributed by atoms with Crippen molar-refractivity contribution in [2.24, 2.45) is 0 Å². The van der Waals surface area contributed by atoms with E-state index >= 15 is 0 Å². The molecule has 2 aromatic carbocycles. The second-order valence-electron chi connectivity index (χ2n) is 7.75.